The van der Waals surface area contributed by atoms with Crippen LogP contribution in [0.25, 0.3) is 16.8 Å². The molecule has 0 bridgehead atoms. The minimum Gasteiger partial charge on any atom is -0.478 e. The number of carbonyl (C=O) groups is 1. The first-order valence-electron chi connectivity index (χ1n) is 4.20. The van der Waals surface area contributed by atoms with E-state index in [1.165, 1.54) is 6.08 Å². The van der Waals surface area contributed by atoms with Crippen LogP contribution in [-0.2, 0) is 4.79 Å². The molecule has 0 aromatic carbocycles. The third-order valence-corrected chi connectivity index (χ3v) is 2.47. The molecule has 1 N–H and O–H groups in total. The van der Waals surface area contributed by atoms with Crippen LogP contribution in [0.15, 0.2) is 10.5 Å². The lowest BCUT2D eigenvalue weighted by atomic mass is 10.4. The van der Waals surface area contributed by atoms with Crippen molar-refractivity contribution >= 4 is 23.6 Å². The minimum absolute atomic E-state index is 0.130. The number of rotatable bonds is 3. The van der Waals surface area contributed by atoms with Gasteiger partial charge in [-0.3, -0.25) is 0 Å². The van der Waals surface area contributed by atoms with Crippen molar-refractivity contribution in [2.75, 3.05) is 0 Å². The van der Waals surface area contributed by atoms with Gasteiger partial charge < -0.3 is 9.52 Å². The van der Waals surface area contributed by atoms with Gasteiger partial charge in [0.05, 0.1) is 5.69 Å². The molecule has 2 rings (SSSR count). The average molecular weight is 238 g/mol. The van der Waals surface area contributed by atoms with Crippen LogP contribution < -0.4 is 0 Å². The van der Waals surface area contributed by atoms with Crippen molar-refractivity contribution in [2.45, 2.75) is 6.92 Å². The zero-order chi connectivity index (χ0) is 11.5. The van der Waals surface area contributed by atoms with Gasteiger partial charge in [0.15, 0.2) is 0 Å². The summed E-state index contributed by atoms with van der Waals surface area (Å²) in [7, 11) is 0. The smallest absolute Gasteiger partial charge is 0.328 e. The Labute approximate surface area is 93.6 Å². The number of aliphatic carboxylic acids is 1. The van der Waals surface area contributed by atoms with E-state index in [2.05, 4.69) is 19.8 Å². The Bertz CT molecular complexity index is 545. The van der Waals surface area contributed by atoms with E-state index >= 15 is 0 Å². The lowest BCUT2D eigenvalue weighted by Gasteiger charge is -1.85. The van der Waals surface area contributed by atoms with E-state index in [-0.39, 0.29) is 11.8 Å². The molecule has 0 atom stereocenters. The summed E-state index contributed by atoms with van der Waals surface area (Å²) >= 11 is 1.14. The Morgan fingerprint density at radius 3 is 2.88 bits per heavy atom. The number of hydrogen-bond donors (Lipinski definition) is 1. The highest BCUT2D eigenvalue weighted by Gasteiger charge is 2.13. The first-order valence-corrected chi connectivity index (χ1v) is 4.98. The number of hydrogen-bond acceptors (Lipinski definition) is 7. The van der Waals surface area contributed by atoms with Crippen molar-refractivity contribution in [1.29, 1.82) is 0 Å². The Balaban J connectivity index is 2.27. The summed E-state index contributed by atoms with van der Waals surface area (Å²) in [5.41, 5.74) is 0.697. The standard InChI is InChI=1S/C8H6N4O3S/c1-4-7(16-12-9-4)8-11-10-5(15-8)2-3-6(13)14/h2-3H,1H3,(H,13,14)/b3-2+. The van der Waals surface area contributed by atoms with Crippen LogP contribution >= 0.6 is 11.5 Å². The molecule has 0 radical (unpaired) electrons. The van der Waals surface area contributed by atoms with Gasteiger partial charge in [-0.2, -0.15) is 0 Å². The van der Waals surface area contributed by atoms with Gasteiger partial charge in [0.25, 0.3) is 5.89 Å². The first-order chi connectivity index (χ1) is 7.66. The number of carboxylic acids is 1. The maximum Gasteiger partial charge on any atom is 0.328 e. The predicted molar refractivity (Wildman–Crippen MR) is 54.6 cm³/mol. The van der Waals surface area contributed by atoms with E-state index in [0.29, 0.717) is 10.6 Å². The lowest BCUT2D eigenvalue weighted by Crippen LogP contribution is -1.85. The number of aromatic nitrogens is 4. The molecule has 8 heteroatoms. The molecule has 0 amide bonds. The van der Waals surface area contributed by atoms with Crippen molar-refractivity contribution in [3.8, 4) is 10.8 Å². The molecule has 2 aromatic heterocycles. The number of carboxylic acid groups (broad SMARTS) is 1. The van der Waals surface area contributed by atoms with Crippen LogP contribution in [-0.4, -0.2) is 30.9 Å². The summed E-state index contributed by atoms with van der Waals surface area (Å²) < 4.78 is 8.95. The quantitative estimate of drug-likeness (QED) is 0.795. The molecule has 0 spiro atoms. The Hall–Kier alpha value is -2.09. The van der Waals surface area contributed by atoms with E-state index in [1.54, 1.807) is 6.92 Å². The first kappa shape index (κ1) is 10.4. The summed E-state index contributed by atoms with van der Waals surface area (Å²) in [6.07, 6.45) is 2.15. The van der Waals surface area contributed by atoms with Crippen LogP contribution in [0.3, 0.4) is 0 Å². The van der Waals surface area contributed by atoms with Gasteiger partial charge in [-0.1, -0.05) is 4.49 Å². The normalized spacial score (nSPS) is 11.1. The summed E-state index contributed by atoms with van der Waals surface area (Å²) in [5.74, 6) is -0.655. The third-order valence-electron chi connectivity index (χ3n) is 1.65. The van der Waals surface area contributed by atoms with Crippen molar-refractivity contribution in [3.05, 3.63) is 17.7 Å². The largest absolute Gasteiger partial charge is 0.478 e. The second-order valence-corrected chi connectivity index (χ2v) is 3.56. The summed E-state index contributed by atoms with van der Waals surface area (Å²) in [4.78, 5) is 11.0. The minimum atomic E-state index is -1.07. The van der Waals surface area contributed by atoms with E-state index in [1.807, 2.05) is 0 Å². The van der Waals surface area contributed by atoms with Crippen molar-refractivity contribution < 1.29 is 14.3 Å². The molecule has 0 aliphatic heterocycles. The van der Waals surface area contributed by atoms with Gasteiger partial charge in [-0.05, 0) is 18.5 Å². The molecule has 16 heavy (non-hydrogen) atoms. The maximum absolute atomic E-state index is 10.3. The number of aryl methyl sites for hydroxylation is 1. The van der Waals surface area contributed by atoms with Gasteiger partial charge in [0, 0.05) is 12.2 Å². The zero-order valence-corrected chi connectivity index (χ0v) is 8.93. The van der Waals surface area contributed by atoms with Crippen LogP contribution in [0.5, 0.6) is 0 Å². The molecule has 7 nitrogen and oxygen atoms in total. The topological polar surface area (TPSA) is 102 Å². The Morgan fingerprint density at radius 1 is 1.44 bits per heavy atom. The van der Waals surface area contributed by atoms with Gasteiger partial charge in [-0.15, -0.1) is 15.3 Å². The van der Waals surface area contributed by atoms with Crippen LogP contribution in [0, 0.1) is 6.92 Å². The highest BCUT2D eigenvalue weighted by atomic mass is 32.1. The monoisotopic (exact) mass is 238 g/mol. The molecule has 0 fully saturated rings. The zero-order valence-electron chi connectivity index (χ0n) is 8.12. The highest BCUT2D eigenvalue weighted by Crippen LogP contribution is 2.23. The molecule has 2 heterocycles. The van der Waals surface area contributed by atoms with Gasteiger partial charge >= 0.3 is 5.97 Å². The van der Waals surface area contributed by atoms with Crippen LogP contribution in [0.4, 0.5) is 0 Å². The lowest BCUT2D eigenvalue weighted by molar-refractivity contribution is -0.131. The van der Waals surface area contributed by atoms with Gasteiger partial charge in [0.1, 0.15) is 4.88 Å². The Kier molecular flexibility index (Phi) is 2.73. The van der Waals surface area contributed by atoms with E-state index in [9.17, 15) is 4.79 Å². The molecule has 0 saturated heterocycles. The van der Waals surface area contributed by atoms with Crippen molar-refractivity contribution in [2.24, 2.45) is 0 Å². The van der Waals surface area contributed by atoms with E-state index < -0.39 is 5.97 Å². The second kappa shape index (κ2) is 4.19. The molecular weight excluding hydrogens is 232 g/mol. The van der Waals surface area contributed by atoms with Crippen LogP contribution in [0.2, 0.25) is 0 Å². The van der Waals surface area contributed by atoms with Crippen molar-refractivity contribution in [1.82, 2.24) is 19.8 Å². The Morgan fingerprint density at radius 2 is 2.25 bits per heavy atom. The van der Waals surface area contributed by atoms with Gasteiger partial charge in [-0.25, -0.2) is 4.79 Å². The SMILES string of the molecule is Cc1nnsc1-c1nnc(/C=C/C(=O)O)o1. The summed E-state index contributed by atoms with van der Waals surface area (Å²) in [5, 5.41) is 19.7. The maximum atomic E-state index is 10.3. The molecule has 0 saturated carbocycles. The second-order valence-electron chi connectivity index (χ2n) is 2.80. The van der Waals surface area contributed by atoms with Gasteiger partial charge in [0.2, 0.25) is 5.89 Å². The van der Waals surface area contributed by atoms with E-state index in [0.717, 1.165) is 17.6 Å². The molecule has 0 aliphatic rings. The van der Waals surface area contributed by atoms with Crippen molar-refractivity contribution in [3.63, 3.8) is 0 Å². The fraction of sp³-hybridized carbons (Fsp3) is 0.125. The predicted octanol–water partition coefficient (Wildman–Crippen LogP) is 0.994. The van der Waals surface area contributed by atoms with Crippen LogP contribution in [0.1, 0.15) is 11.6 Å². The molecule has 82 valence electrons. The molecule has 2 aromatic rings. The molecule has 0 unspecified atom stereocenters. The summed E-state index contributed by atoms with van der Waals surface area (Å²) in [6, 6.07) is 0. The highest BCUT2D eigenvalue weighted by molar-refractivity contribution is 7.09. The average Bonchev–Trinajstić information content (AvgIpc) is 2.83. The number of nitrogens with zero attached hydrogens (tertiary/aromatic N) is 4. The fourth-order valence-electron chi connectivity index (χ4n) is 0.964. The van der Waals surface area contributed by atoms with E-state index in [4.69, 9.17) is 9.52 Å². The fourth-order valence-corrected chi connectivity index (χ4v) is 1.54. The molecular formula is C8H6N4O3S. The summed E-state index contributed by atoms with van der Waals surface area (Å²) in [6.45, 7) is 1.77. The molecule has 0 aliphatic carbocycles. The third kappa shape index (κ3) is 2.11.